The van der Waals surface area contributed by atoms with Crippen LogP contribution in [0.4, 0.5) is 10.5 Å². The van der Waals surface area contributed by atoms with Crippen LogP contribution in [-0.4, -0.2) is 70.6 Å². The molecule has 156 valence electrons. The van der Waals surface area contributed by atoms with Gasteiger partial charge in [-0.2, -0.15) is 0 Å². The molecule has 0 spiro atoms. The first-order chi connectivity index (χ1) is 13.9. The number of hydrogen-bond acceptors (Lipinski definition) is 7. The molecule has 0 aliphatic carbocycles. The maximum Gasteiger partial charge on any atom is 0.341 e. The molecule has 0 aromatic heterocycles. The second kappa shape index (κ2) is 8.38. The first-order valence-corrected chi connectivity index (χ1v) is 9.58. The van der Waals surface area contributed by atoms with Gasteiger partial charge in [0.1, 0.15) is 17.6 Å². The number of urea groups is 1. The number of anilines is 1. The monoisotopic (exact) mass is 403 g/mol. The van der Waals surface area contributed by atoms with E-state index in [0.717, 1.165) is 6.42 Å². The highest BCUT2D eigenvalue weighted by atomic mass is 16.5. The molecule has 3 amide bonds. The average molecular weight is 403 g/mol. The minimum absolute atomic E-state index is 0.315. The van der Waals surface area contributed by atoms with Crippen molar-refractivity contribution in [1.29, 1.82) is 0 Å². The highest BCUT2D eigenvalue weighted by Gasteiger charge is 2.49. The molecule has 1 fully saturated rings. The van der Waals surface area contributed by atoms with Crippen LogP contribution in [0.25, 0.3) is 0 Å². The lowest BCUT2D eigenvalue weighted by Crippen LogP contribution is -2.65. The smallest absolute Gasteiger partial charge is 0.341 e. The van der Waals surface area contributed by atoms with Crippen LogP contribution in [0, 0.1) is 0 Å². The third-order valence-electron chi connectivity index (χ3n) is 4.73. The van der Waals surface area contributed by atoms with E-state index < -0.39 is 24.8 Å². The van der Waals surface area contributed by atoms with Crippen LogP contribution in [0.1, 0.15) is 32.3 Å². The molecule has 1 aromatic rings. The molecule has 2 heterocycles. The van der Waals surface area contributed by atoms with E-state index in [4.69, 9.17) is 15.6 Å². The van der Waals surface area contributed by atoms with Crippen LogP contribution in [0.5, 0.6) is 5.75 Å². The van der Waals surface area contributed by atoms with Crippen molar-refractivity contribution in [1.82, 2.24) is 15.1 Å². The number of nitrogens with two attached hydrogens (primary N) is 1. The number of amidine groups is 1. The van der Waals surface area contributed by atoms with Crippen LogP contribution in [0.3, 0.4) is 0 Å². The number of hydrogen-bond donors (Lipinski definition) is 3. The van der Waals surface area contributed by atoms with Crippen molar-refractivity contribution in [2.24, 2.45) is 4.99 Å². The summed E-state index contributed by atoms with van der Waals surface area (Å²) in [5.74, 6) is -0.721. The van der Waals surface area contributed by atoms with Crippen molar-refractivity contribution < 1.29 is 24.2 Å². The number of amides is 3. The first-order valence-electron chi connectivity index (χ1n) is 9.58. The van der Waals surface area contributed by atoms with Crippen LogP contribution >= 0.6 is 0 Å². The van der Waals surface area contributed by atoms with Gasteiger partial charge >= 0.3 is 12.0 Å². The largest absolute Gasteiger partial charge is 0.482 e. The van der Waals surface area contributed by atoms with E-state index in [1.165, 1.54) is 4.90 Å². The van der Waals surface area contributed by atoms with Gasteiger partial charge in [0.15, 0.2) is 12.8 Å². The quantitative estimate of drug-likeness (QED) is 0.547. The maximum absolute atomic E-state index is 12.9. The summed E-state index contributed by atoms with van der Waals surface area (Å²) in [4.78, 5) is 43.9. The van der Waals surface area contributed by atoms with Crippen molar-refractivity contribution in [2.45, 2.75) is 38.9 Å². The molecule has 1 saturated heterocycles. The number of fused-ring (bicyclic) bond motifs is 1. The summed E-state index contributed by atoms with van der Waals surface area (Å²) >= 11 is 0. The van der Waals surface area contributed by atoms with E-state index in [1.54, 1.807) is 23.1 Å². The molecular formula is C19H25N5O5. The molecule has 1 aromatic carbocycles. The number of rotatable bonds is 8. The number of carbonyl (C=O) groups is 3. The molecular weight excluding hydrogens is 378 g/mol. The Morgan fingerprint density at radius 2 is 2.00 bits per heavy atom. The SMILES string of the molecule is CCCN1C(=O)C2NC(c3cc(OCC(=O)O)ccc3N)=NC2N(CCC)C1=O. The third kappa shape index (κ3) is 3.96. The topological polar surface area (TPSA) is 138 Å². The van der Waals surface area contributed by atoms with Gasteiger partial charge in [-0.1, -0.05) is 13.8 Å². The Morgan fingerprint density at radius 3 is 2.66 bits per heavy atom. The fourth-order valence-electron chi connectivity index (χ4n) is 3.46. The third-order valence-corrected chi connectivity index (χ3v) is 4.73. The number of carbonyl (C=O) groups excluding carboxylic acids is 2. The van der Waals surface area contributed by atoms with Crippen molar-refractivity contribution in [3.05, 3.63) is 23.8 Å². The zero-order valence-corrected chi connectivity index (χ0v) is 16.4. The van der Waals surface area contributed by atoms with Gasteiger partial charge in [0.2, 0.25) is 0 Å². The Morgan fingerprint density at radius 1 is 1.28 bits per heavy atom. The number of imide groups is 1. The summed E-state index contributed by atoms with van der Waals surface area (Å²) < 4.78 is 5.21. The van der Waals surface area contributed by atoms with E-state index in [9.17, 15) is 14.4 Å². The van der Waals surface area contributed by atoms with Crippen LogP contribution in [0.15, 0.2) is 23.2 Å². The summed E-state index contributed by atoms with van der Waals surface area (Å²) in [6, 6.07) is 3.69. The predicted molar refractivity (Wildman–Crippen MR) is 106 cm³/mol. The molecule has 10 nitrogen and oxygen atoms in total. The second-order valence-corrected chi connectivity index (χ2v) is 6.91. The Kier molecular flexibility index (Phi) is 5.90. The van der Waals surface area contributed by atoms with Gasteiger partial charge in [0, 0.05) is 24.3 Å². The number of benzene rings is 1. The van der Waals surface area contributed by atoms with Crippen LogP contribution < -0.4 is 15.8 Å². The number of ether oxygens (including phenoxy) is 1. The predicted octanol–water partition coefficient (Wildman–Crippen LogP) is 0.861. The fraction of sp³-hybridized carbons (Fsp3) is 0.474. The van der Waals surface area contributed by atoms with Crippen molar-refractivity contribution in [3.63, 3.8) is 0 Å². The number of nitrogen functional groups attached to an aromatic ring is 1. The lowest BCUT2D eigenvalue weighted by molar-refractivity contribution is -0.139. The highest BCUT2D eigenvalue weighted by Crippen LogP contribution is 2.28. The summed E-state index contributed by atoms with van der Waals surface area (Å²) in [6.45, 7) is 4.20. The van der Waals surface area contributed by atoms with Gasteiger partial charge in [-0.05, 0) is 31.0 Å². The van der Waals surface area contributed by atoms with Gasteiger partial charge in [-0.15, -0.1) is 0 Å². The zero-order chi connectivity index (χ0) is 21.1. The molecule has 3 rings (SSSR count). The van der Waals surface area contributed by atoms with Crippen molar-refractivity contribution in [3.8, 4) is 5.75 Å². The Hall–Kier alpha value is -3.30. The number of carboxylic acid groups (broad SMARTS) is 1. The van der Waals surface area contributed by atoms with Gasteiger partial charge in [0.25, 0.3) is 5.91 Å². The molecule has 2 atom stereocenters. The molecule has 0 bridgehead atoms. The number of aliphatic imine (C=N–C) groups is 1. The summed E-state index contributed by atoms with van der Waals surface area (Å²) in [6.07, 6.45) is 0.744. The van der Waals surface area contributed by atoms with Gasteiger partial charge in [-0.25, -0.2) is 14.6 Å². The van der Waals surface area contributed by atoms with E-state index >= 15 is 0 Å². The number of nitrogens with one attached hydrogen (secondary N) is 1. The summed E-state index contributed by atoms with van der Waals surface area (Å²) in [5, 5.41) is 11.9. The van der Waals surface area contributed by atoms with Crippen LogP contribution in [0.2, 0.25) is 0 Å². The summed E-state index contributed by atoms with van der Waals surface area (Å²) in [5.41, 5.74) is 6.96. The van der Waals surface area contributed by atoms with Crippen LogP contribution in [-0.2, 0) is 9.59 Å². The fourth-order valence-corrected chi connectivity index (χ4v) is 3.46. The van der Waals surface area contributed by atoms with E-state index in [-0.39, 0.29) is 11.9 Å². The molecule has 2 aliphatic heterocycles. The molecule has 2 aliphatic rings. The number of nitrogens with zero attached hydrogens (tertiary/aromatic N) is 3. The van der Waals surface area contributed by atoms with E-state index in [1.807, 2.05) is 13.8 Å². The first kappa shape index (κ1) is 20.4. The molecule has 29 heavy (non-hydrogen) atoms. The van der Waals surface area contributed by atoms with E-state index in [0.29, 0.717) is 42.3 Å². The highest BCUT2D eigenvalue weighted by molar-refractivity contribution is 6.10. The zero-order valence-electron chi connectivity index (χ0n) is 16.4. The Bertz CT molecular complexity index is 855. The van der Waals surface area contributed by atoms with Gasteiger partial charge in [0.05, 0.1) is 0 Å². The average Bonchev–Trinajstić information content (AvgIpc) is 3.13. The maximum atomic E-state index is 12.9. The van der Waals surface area contributed by atoms with Crippen molar-refractivity contribution in [2.75, 3.05) is 25.4 Å². The van der Waals surface area contributed by atoms with E-state index in [2.05, 4.69) is 10.3 Å². The van der Waals surface area contributed by atoms with Gasteiger partial charge in [-0.3, -0.25) is 14.6 Å². The number of aliphatic carboxylic acids is 1. The standard InChI is InChI=1S/C19H25N5O5/c1-3-7-23-17-15(18(27)24(8-4-2)19(23)28)21-16(22-17)12-9-11(5-6-13(12)20)29-10-14(25)26/h5-6,9,15,17H,3-4,7-8,10,20H2,1-2H3,(H,21,22)(H,25,26). The minimum Gasteiger partial charge on any atom is -0.482 e. The minimum atomic E-state index is -1.10. The molecule has 0 radical (unpaired) electrons. The lowest BCUT2D eigenvalue weighted by atomic mass is 10.1. The molecule has 2 unspecified atom stereocenters. The second-order valence-electron chi connectivity index (χ2n) is 6.91. The Balaban J connectivity index is 1.92. The normalized spacial score (nSPS) is 21.0. The lowest BCUT2D eigenvalue weighted by Gasteiger charge is -2.40. The summed E-state index contributed by atoms with van der Waals surface area (Å²) in [7, 11) is 0. The molecule has 10 heteroatoms. The van der Waals surface area contributed by atoms with Gasteiger partial charge < -0.3 is 20.9 Å². The number of carboxylic acids is 1. The Labute approximate surface area is 168 Å². The molecule has 0 saturated carbocycles. The van der Waals surface area contributed by atoms with Crippen molar-refractivity contribution >= 4 is 29.4 Å². The molecule has 4 N–H and O–H groups in total.